The number of nitrogens with zero attached hydrogens (tertiary/aromatic N) is 4. The van der Waals surface area contributed by atoms with Gasteiger partial charge in [-0.1, -0.05) is 45.7 Å². The second-order valence-corrected chi connectivity index (χ2v) is 9.01. The van der Waals surface area contributed by atoms with Crippen LogP contribution in [0.4, 0.5) is 5.69 Å². The Labute approximate surface area is 199 Å². The number of aliphatic imine (C=N–C) groups is 1. The lowest BCUT2D eigenvalue weighted by Gasteiger charge is -2.06. The van der Waals surface area contributed by atoms with Gasteiger partial charge in [-0.05, 0) is 63.1 Å². The molecule has 0 aliphatic heterocycles. The highest BCUT2D eigenvalue weighted by atomic mass is 79.9. The van der Waals surface area contributed by atoms with E-state index in [4.69, 9.17) is 11.6 Å². The molecule has 0 bridgehead atoms. The zero-order valence-corrected chi connectivity index (χ0v) is 20.6. The van der Waals surface area contributed by atoms with Crippen molar-refractivity contribution in [2.75, 3.05) is 0 Å². The summed E-state index contributed by atoms with van der Waals surface area (Å²) in [6.45, 7) is 8.29. The summed E-state index contributed by atoms with van der Waals surface area (Å²) in [5.74, 6) is 0. The van der Waals surface area contributed by atoms with Crippen molar-refractivity contribution in [2.24, 2.45) is 4.99 Å². The second kappa shape index (κ2) is 8.92. The molecule has 164 valence electrons. The van der Waals surface area contributed by atoms with Gasteiger partial charge in [-0.15, -0.1) is 0 Å². The molecule has 0 saturated carbocycles. The fourth-order valence-electron chi connectivity index (χ4n) is 3.61. The van der Waals surface area contributed by atoms with Gasteiger partial charge in [-0.25, -0.2) is 4.68 Å². The molecule has 0 unspecified atom stereocenters. The van der Waals surface area contributed by atoms with E-state index in [-0.39, 0.29) is 5.56 Å². The van der Waals surface area contributed by atoms with Crippen LogP contribution in [0.5, 0.6) is 0 Å². The van der Waals surface area contributed by atoms with Crippen LogP contribution in [0.2, 0.25) is 5.02 Å². The molecule has 0 amide bonds. The van der Waals surface area contributed by atoms with Crippen molar-refractivity contribution in [1.29, 1.82) is 0 Å². The predicted molar refractivity (Wildman–Crippen MR) is 133 cm³/mol. The van der Waals surface area contributed by atoms with Gasteiger partial charge in [0.25, 0.3) is 5.56 Å². The van der Waals surface area contributed by atoms with Crippen LogP contribution in [-0.4, -0.2) is 25.8 Å². The normalized spacial score (nSPS) is 11.6. The summed E-state index contributed by atoms with van der Waals surface area (Å²) in [4.78, 5) is 17.7. The minimum atomic E-state index is -0.147. The van der Waals surface area contributed by atoms with Crippen LogP contribution in [0, 0.1) is 27.7 Å². The Bertz CT molecular complexity index is 1400. The Balaban J connectivity index is 1.66. The predicted octanol–water partition coefficient (Wildman–Crippen LogP) is 5.81. The molecule has 0 aliphatic carbocycles. The smallest absolute Gasteiger partial charge is 0.280 e. The van der Waals surface area contributed by atoms with E-state index in [1.165, 1.54) is 4.68 Å². The van der Waals surface area contributed by atoms with Crippen LogP contribution in [0.1, 0.15) is 33.8 Å². The van der Waals surface area contributed by atoms with Crippen molar-refractivity contribution < 1.29 is 0 Å². The fraction of sp³-hybridized carbons (Fsp3) is 0.208. The van der Waals surface area contributed by atoms with Crippen molar-refractivity contribution in [3.05, 3.63) is 96.1 Å². The van der Waals surface area contributed by atoms with E-state index >= 15 is 0 Å². The maximum atomic E-state index is 13.1. The van der Waals surface area contributed by atoms with Crippen LogP contribution in [-0.2, 0) is 6.54 Å². The highest BCUT2D eigenvalue weighted by molar-refractivity contribution is 9.10. The second-order valence-electron chi connectivity index (χ2n) is 7.75. The highest BCUT2D eigenvalue weighted by Crippen LogP contribution is 2.25. The van der Waals surface area contributed by atoms with Crippen LogP contribution in [0.3, 0.4) is 0 Å². The summed E-state index contributed by atoms with van der Waals surface area (Å²) in [6.07, 6.45) is 1.62. The highest BCUT2D eigenvalue weighted by Gasteiger charge is 2.14. The first-order valence-corrected chi connectivity index (χ1v) is 11.3. The molecule has 6 nitrogen and oxygen atoms in total. The average molecular weight is 513 g/mol. The molecule has 2 aromatic heterocycles. The van der Waals surface area contributed by atoms with E-state index < -0.39 is 0 Å². The number of rotatable bonds is 5. The van der Waals surface area contributed by atoms with Crippen molar-refractivity contribution in [1.82, 2.24) is 19.6 Å². The van der Waals surface area contributed by atoms with E-state index in [1.54, 1.807) is 6.21 Å². The Hall–Kier alpha value is -2.90. The van der Waals surface area contributed by atoms with E-state index in [9.17, 15) is 4.79 Å². The lowest BCUT2D eigenvalue weighted by atomic mass is 10.2. The maximum Gasteiger partial charge on any atom is 0.280 e. The van der Waals surface area contributed by atoms with Crippen molar-refractivity contribution >= 4 is 39.4 Å². The summed E-state index contributed by atoms with van der Waals surface area (Å²) < 4.78 is 4.42. The van der Waals surface area contributed by atoms with Crippen molar-refractivity contribution in [2.45, 2.75) is 34.2 Å². The number of nitrogens with one attached hydrogen (secondary N) is 1. The quantitative estimate of drug-likeness (QED) is 0.343. The summed E-state index contributed by atoms with van der Waals surface area (Å²) in [7, 11) is 0. The van der Waals surface area contributed by atoms with E-state index in [0.717, 1.165) is 44.1 Å². The summed E-state index contributed by atoms with van der Waals surface area (Å²) >= 11 is 9.80. The molecule has 0 atom stereocenters. The maximum absolute atomic E-state index is 13.1. The van der Waals surface area contributed by atoms with Gasteiger partial charge in [-0.3, -0.25) is 19.6 Å². The van der Waals surface area contributed by atoms with Gasteiger partial charge in [0.05, 0.1) is 29.2 Å². The first-order valence-electron chi connectivity index (χ1n) is 10.2. The molecule has 2 heterocycles. The minimum absolute atomic E-state index is 0.147. The van der Waals surface area contributed by atoms with E-state index in [1.807, 2.05) is 74.8 Å². The number of hydrogen-bond donors (Lipinski definition) is 1. The fourth-order valence-corrected chi connectivity index (χ4v) is 4.05. The third kappa shape index (κ3) is 4.23. The number of benzene rings is 2. The van der Waals surface area contributed by atoms with Gasteiger partial charge in [0.2, 0.25) is 0 Å². The number of halogens is 2. The number of aromatic amines is 1. The molecule has 4 aromatic rings. The summed E-state index contributed by atoms with van der Waals surface area (Å²) in [6, 6.07) is 13.5. The third-order valence-electron chi connectivity index (χ3n) is 5.46. The molecule has 1 N–H and O–H groups in total. The number of H-pyrrole nitrogens is 1. The largest absolute Gasteiger partial charge is 0.295 e. The standard InChI is InChI=1S/C24H23BrClN5O/c1-14-11-19(9-10-21(14)25)31-24(32)20(15(2)29-31)12-27-23-16(3)28-30(17(23)4)13-18-7-5-6-8-22(18)26/h5-12,29H,13H2,1-4H3. The number of aryl methyl sites for hydroxylation is 3. The summed E-state index contributed by atoms with van der Waals surface area (Å²) in [5.41, 5.74) is 6.39. The Kier molecular flexibility index (Phi) is 6.22. The lowest BCUT2D eigenvalue weighted by Crippen LogP contribution is -2.17. The Morgan fingerprint density at radius 1 is 1.16 bits per heavy atom. The van der Waals surface area contributed by atoms with Gasteiger partial charge in [0.15, 0.2) is 0 Å². The van der Waals surface area contributed by atoms with E-state index in [2.05, 4.69) is 31.1 Å². The first kappa shape index (κ1) is 22.3. The molecular formula is C24H23BrClN5O. The molecule has 4 rings (SSSR count). The number of hydrogen-bond acceptors (Lipinski definition) is 3. The molecule has 2 aromatic carbocycles. The Morgan fingerprint density at radius 3 is 2.62 bits per heavy atom. The topological polar surface area (TPSA) is 68.0 Å². The van der Waals surface area contributed by atoms with Crippen LogP contribution >= 0.6 is 27.5 Å². The molecule has 0 aliphatic rings. The Morgan fingerprint density at radius 2 is 1.91 bits per heavy atom. The van der Waals surface area contributed by atoms with Crippen LogP contribution in [0.15, 0.2) is 56.7 Å². The van der Waals surface area contributed by atoms with E-state index in [0.29, 0.717) is 17.1 Å². The summed E-state index contributed by atoms with van der Waals surface area (Å²) in [5, 5.41) is 8.48. The van der Waals surface area contributed by atoms with Gasteiger partial charge < -0.3 is 0 Å². The monoisotopic (exact) mass is 511 g/mol. The lowest BCUT2D eigenvalue weighted by molar-refractivity contribution is 0.659. The first-order chi connectivity index (χ1) is 15.3. The minimum Gasteiger partial charge on any atom is -0.295 e. The molecule has 0 spiro atoms. The molecule has 0 fully saturated rings. The molecule has 0 radical (unpaired) electrons. The van der Waals surface area contributed by atoms with Gasteiger partial charge in [-0.2, -0.15) is 5.10 Å². The molecular weight excluding hydrogens is 490 g/mol. The van der Waals surface area contributed by atoms with Gasteiger partial charge in [0.1, 0.15) is 5.69 Å². The average Bonchev–Trinajstić information content (AvgIpc) is 3.19. The SMILES string of the molecule is Cc1cc(-n2[nH]c(C)c(C=Nc3c(C)nn(Cc4ccccc4Cl)c3C)c2=O)ccc1Br. The third-order valence-corrected chi connectivity index (χ3v) is 6.72. The molecule has 0 saturated heterocycles. The molecule has 8 heteroatoms. The van der Waals surface area contributed by atoms with Gasteiger partial charge in [0, 0.05) is 21.4 Å². The van der Waals surface area contributed by atoms with Crippen molar-refractivity contribution in [3.8, 4) is 5.69 Å². The zero-order chi connectivity index (χ0) is 23.0. The zero-order valence-electron chi connectivity index (χ0n) is 18.3. The van der Waals surface area contributed by atoms with Crippen molar-refractivity contribution in [3.63, 3.8) is 0 Å². The number of aromatic nitrogens is 4. The van der Waals surface area contributed by atoms with Crippen LogP contribution < -0.4 is 5.56 Å². The van der Waals surface area contributed by atoms with Gasteiger partial charge >= 0.3 is 0 Å². The van der Waals surface area contributed by atoms with Crippen LogP contribution in [0.25, 0.3) is 5.69 Å². The molecule has 32 heavy (non-hydrogen) atoms.